The standard InChI is InChI=1S/C16H10N2O2S/c19-16(20)9-3-4-11-10(6-9)7-12(14-2-1-5-21-14)13-8-17-18-15(11)13/h1-8H,(H,17,18)(H,19,20). The Morgan fingerprint density at radius 1 is 1.19 bits per heavy atom. The van der Waals surface area contributed by atoms with Gasteiger partial charge in [0.2, 0.25) is 0 Å². The lowest BCUT2D eigenvalue weighted by atomic mass is 9.99. The zero-order valence-electron chi connectivity index (χ0n) is 10.8. The van der Waals surface area contributed by atoms with E-state index in [2.05, 4.69) is 16.3 Å². The number of carboxylic acid groups (broad SMARTS) is 1. The average Bonchev–Trinajstić information content (AvgIpc) is 3.17. The number of nitrogens with zero attached hydrogens (tertiary/aromatic N) is 1. The minimum absolute atomic E-state index is 0.290. The third-order valence-electron chi connectivity index (χ3n) is 3.58. The number of aromatic amines is 1. The van der Waals surface area contributed by atoms with Gasteiger partial charge in [0.25, 0.3) is 0 Å². The number of H-pyrrole nitrogens is 1. The third-order valence-corrected chi connectivity index (χ3v) is 4.49. The van der Waals surface area contributed by atoms with E-state index in [0.717, 1.165) is 32.1 Å². The zero-order chi connectivity index (χ0) is 14.4. The fraction of sp³-hybridized carbons (Fsp3) is 0. The van der Waals surface area contributed by atoms with E-state index in [1.165, 1.54) is 0 Å². The summed E-state index contributed by atoms with van der Waals surface area (Å²) in [6, 6.07) is 11.2. The third kappa shape index (κ3) is 1.82. The second-order valence-electron chi connectivity index (χ2n) is 4.80. The van der Waals surface area contributed by atoms with E-state index < -0.39 is 5.97 Å². The Morgan fingerprint density at radius 2 is 2.10 bits per heavy atom. The maximum Gasteiger partial charge on any atom is 0.335 e. The summed E-state index contributed by atoms with van der Waals surface area (Å²) >= 11 is 1.66. The zero-order valence-corrected chi connectivity index (χ0v) is 11.6. The van der Waals surface area contributed by atoms with Crippen molar-refractivity contribution in [1.29, 1.82) is 0 Å². The van der Waals surface area contributed by atoms with E-state index in [1.807, 2.05) is 29.8 Å². The number of fused-ring (bicyclic) bond motifs is 3. The topological polar surface area (TPSA) is 66.0 Å². The van der Waals surface area contributed by atoms with Gasteiger partial charge in [0.1, 0.15) is 0 Å². The molecule has 0 aliphatic carbocycles. The highest BCUT2D eigenvalue weighted by Gasteiger charge is 2.12. The van der Waals surface area contributed by atoms with Crippen molar-refractivity contribution in [2.45, 2.75) is 0 Å². The van der Waals surface area contributed by atoms with E-state index in [1.54, 1.807) is 23.5 Å². The van der Waals surface area contributed by atoms with Gasteiger partial charge in [-0.2, -0.15) is 5.10 Å². The van der Waals surface area contributed by atoms with Gasteiger partial charge in [-0.15, -0.1) is 11.3 Å². The van der Waals surface area contributed by atoms with Gasteiger partial charge in [-0.3, -0.25) is 5.10 Å². The molecule has 4 rings (SSSR count). The van der Waals surface area contributed by atoms with Gasteiger partial charge in [-0.1, -0.05) is 12.1 Å². The number of aromatic nitrogens is 2. The second-order valence-corrected chi connectivity index (χ2v) is 5.75. The van der Waals surface area contributed by atoms with Gasteiger partial charge in [0.05, 0.1) is 17.3 Å². The molecule has 21 heavy (non-hydrogen) atoms. The van der Waals surface area contributed by atoms with E-state index >= 15 is 0 Å². The molecule has 2 heterocycles. The quantitative estimate of drug-likeness (QED) is 0.584. The smallest absolute Gasteiger partial charge is 0.335 e. The van der Waals surface area contributed by atoms with E-state index in [4.69, 9.17) is 5.11 Å². The molecule has 4 aromatic rings. The van der Waals surface area contributed by atoms with E-state index in [9.17, 15) is 4.79 Å². The monoisotopic (exact) mass is 294 g/mol. The van der Waals surface area contributed by atoms with E-state index in [-0.39, 0.29) is 0 Å². The van der Waals surface area contributed by atoms with E-state index in [0.29, 0.717) is 5.56 Å². The number of hydrogen-bond donors (Lipinski definition) is 2. The summed E-state index contributed by atoms with van der Waals surface area (Å²) in [6.45, 7) is 0. The Labute approximate surface area is 123 Å². The predicted molar refractivity (Wildman–Crippen MR) is 83.9 cm³/mol. The summed E-state index contributed by atoms with van der Waals surface area (Å²) in [5.41, 5.74) is 2.30. The van der Waals surface area contributed by atoms with Crippen molar-refractivity contribution < 1.29 is 9.90 Å². The average molecular weight is 294 g/mol. The van der Waals surface area contributed by atoms with Crippen LogP contribution in [0.1, 0.15) is 10.4 Å². The van der Waals surface area contributed by atoms with Gasteiger partial charge in [0, 0.05) is 21.2 Å². The molecule has 2 N–H and O–H groups in total. The SMILES string of the molecule is O=C(O)c1ccc2c(c1)cc(-c1cccs1)c1cn[nH]c12. The van der Waals surface area contributed by atoms with Crippen LogP contribution in [-0.4, -0.2) is 21.3 Å². The molecule has 0 radical (unpaired) electrons. The highest BCUT2D eigenvalue weighted by molar-refractivity contribution is 7.13. The summed E-state index contributed by atoms with van der Waals surface area (Å²) in [4.78, 5) is 12.3. The number of aromatic carboxylic acids is 1. The molecule has 0 atom stereocenters. The number of thiophene rings is 1. The lowest BCUT2D eigenvalue weighted by Gasteiger charge is -2.06. The summed E-state index contributed by atoms with van der Waals surface area (Å²) < 4.78 is 0. The minimum atomic E-state index is -0.917. The number of nitrogens with one attached hydrogen (secondary N) is 1. The molecule has 0 fully saturated rings. The van der Waals surface area contributed by atoms with Crippen molar-refractivity contribution >= 4 is 39.0 Å². The Bertz CT molecular complexity index is 971. The number of carboxylic acids is 1. The molecule has 0 saturated carbocycles. The molecular formula is C16H10N2O2S. The van der Waals surface area contributed by atoms with Crippen LogP contribution < -0.4 is 0 Å². The molecule has 102 valence electrons. The summed E-state index contributed by atoms with van der Waals surface area (Å²) in [7, 11) is 0. The maximum absolute atomic E-state index is 11.2. The van der Waals surface area contributed by atoms with Crippen LogP contribution in [0.25, 0.3) is 32.1 Å². The molecule has 0 aliphatic rings. The van der Waals surface area contributed by atoms with Crippen molar-refractivity contribution in [3.8, 4) is 10.4 Å². The minimum Gasteiger partial charge on any atom is -0.478 e. The first kappa shape index (κ1) is 12.1. The first-order valence-electron chi connectivity index (χ1n) is 6.41. The van der Waals surface area contributed by atoms with Crippen LogP contribution in [0.2, 0.25) is 0 Å². The van der Waals surface area contributed by atoms with Crippen molar-refractivity contribution in [2.24, 2.45) is 0 Å². The van der Waals surface area contributed by atoms with Crippen molar-refractivity contribution in [3.05, 3.63) is 53.5 Å². The van der Waals surface area contributed by atoms with Gasteiger partial charge in [-0.05, 0) is 35.0 Å². The van der Waals surface area contributed by atoms with Crippen LogP contribution in [0.4, 0.5) is 0 Å². The van der Waals surface area contributed by atoms with Crippen LogP contribution in [0.15, 0.2) is 48.0 Å². The molecular weight excluding hydrogens is 284 g/mol. The fourth-order valence-corrected chi connectivity index (χ4v) is 3.36. The first-order chi connectivity index (χ1) is 10.2. The Hall–Kier alpha value is -2.66. The first-order valence-corrected chi connectivity index (χ1v) is 7.29. The molecule has 0 amide bonds. The molecule has 0 bridgehead atoms. The number of benzene rings is 2. The largest absolute Gasteiger partial charge is 0.478 e. The van der Waals surface area contributed by atoms with Gasteiger partial charge in [-0.25, -0.2) is 4.79 Å². The molecule has 0 aliphatic heterocycles. The molecule has 2 aromatic carbocycles. The number of rotatable bonds is 2. The van der Waals surface area contributed by atoms with Crippen molar-refractivity contribution in [2.75, 3.05) is 0 Å². The Balaban J connectivity index is 2.12. The van der Waals surface area contributed by atoms with Crippen LogP contribution in [-0.2, 0) is 0 Å². The number of hydrogen-bond acceptors (Lipinski definition) is 3. The highest BCUT2D eigenvalue weighted by atomic mass is 32.1. The second kappa shape index (κ2) is 4.43. The summed E-state index contributed by atoms with van der Waals surface area (Å²) in [5.74, 6) is -0.917. The molecule has 5 heteroatoms. The van der Waals surface area contributed by atoms with Crippen LogP contribution in [0.3, 0.4) is 0 Å². The normalized spacial score (nSPS) is 11.2. The van der Waals surface area contributed by atoms with Gasteiger partial charge < -0.3 is 5.11 Å². The highest BCUT2D eigenvalue weighted by Crippen LogP contribution is 2.36. The van der Waals surface area contributed by atoms with Crippen LogP contribution in [0.5, 0.6) is 0 Å². The van der Waals surface area contributed by atoms with Crippen LogP contribution in [0, 0.1) is 0 Å². The summed E-state index contributed by atoms with van der Waals surface area (Å²) in [5, 5.41) is 21.3. The Morgan fingerprint density at radius 3 is 2.86 bits per heavy atom. The Kier molecular flexibility index (Phi) is 2.55. The maximum atomic E-state index is 11.2. The molecule has 4 nitrogen and oxygen atoms in total. The van der Waals surface area contributed by atoms with Gasteiger partial charge >= 0.3 is 5.97 Å². The molecule has 0 unspecified atom stereocenters. The molecule has 0 spiro atoms. The fourth-order valence-electron chi connectivity index (χ4n) is 2.61. The molecule has 2 aromatic heterocycles. The van der Waals surface area contributed by atoms with Crippen molar-refractivity contribution in [1.82, 2.24) is 10.2 Å². The summed E-state index contributed by atoms with van der Waals surface area (Å²) in [6.07, 6.45) is 1.81. The van der Waals surface area contributed by atoms with Crippen LogP contribution >= 0.6 is 11.3 Å². The molecule has 0 saturated heterocycles. The van der Waals surface area contributed by atoms with Crippen molar-refractivity contribution in [3.63, 3.8) is 0 Å². The lowest BCUT2D eigenvalue weighted by molar-refractivity contribution is 0.0697. The predicted octanol–water partition coefficient (Wildman–Crippen LogP) is 4.14. The number of carbonyl (C=O) groups is 1. The lowest BCUT2D eigenvalue weighted by Crippen LogP contribution is -1.95. The van der Waals surface area contributed by atoms with Gasteiger partial charge in [0.15, 0.2) is 0 Å².